The Bertz CT molecular complexity index is 2620. The molecule has 10 rings (SSSR count). The van der Waals surface area contributed by atoms with Gasteiger partial charge in [0.1, 0.15) is 22.6 Å². The van der Waals surface area contributed by atoms with E-state index in [9.17, 15) is 0 Å². The van der Waals surface area contributed by atoms with Gasteiger partial charge in [0, 0.05) is 43.8 Å². The molecule has 6 heterocycles. The van der Waals surface area contributed by atoms with Gasteiger partial charge in [0.2, 0.25) is 0 Å². The molecule has 0 saturated carbocycles. The van der Waals surface area contributed by atoms with Crippen molar-refractivity contribution in [3.8, 4) is 0 Å². The second-order valence-electron chi connectivity index (χ2n) is 15.1. The maximum atomic E-state index is 7.75. The van der Waals surface area contributed by atoms with Gasteiger partial charge < -0.3 is 8.23 Å². The lowest BCUT2D eigenvalue weighted by Gasteiger charge is -2.41. The van der Waals surface area contributed by atoms with Crippen LogP contribution in [0.5, 0.6) is 0 Å². The van der Waals surface area contributed by atoms with Crippen molar-refractivity contribution in [2.24, 2.45) is 30.0 Å². The summed E-state index contributed by atoms with van der Waals surface area (Å²) in [5, 5.41) is 3.68. The first kappa shape index (κ1) is 30.6. The van der Waals surface area contributed by atoms with Gasteiger partial charge in [0.25, 0.3) is 0 Å². The van der Waals surface area contributed by atoms with E-state index in [4.69, 9.17) is 38.2 Å². The highest BCUT2D eigenvalue weighted by Gasteiger charge is 2.56. The van der Waals surface area contributed by atoms with E-state index in [-0.39, 0.29) is 0 Å². The van der Waals surface area contributed by atoms with E-state index in [1.165, 1.54) is 0 Å². The minimum atomic E-state index is -4.04. The molecule has 0 aliphatic carbocycles. The first-order valence-electron chi connectivity index (χ1n) is 17.2. The number of aliphatic imine (C=N–C) groups is 4. The molecular formula is C38H34N8O2Si3. The molecule has 0 N–H and O–H groups in total. The molecule has 4 aliphatic rings. The van der Waals surface area contributed by atoms with Gasteiger partial charge >= 0.3 is 8.88 Å². The third-order valence-corrected chi connectivity index (χ3v) is 18.2. The number of amidine groups is 4. The molecule has 0 radical (unpaired) electrons. The normalized spacial score (nSPS) is 20.1. The standard InChI is InChI=1S/C38H34N8O2Si3/c1-49(2,3)47-51(48-50(4,5)6)45-35-27-19-11-12-20-28(27)37(45)43-33-25-17-9-10-18-26(25)34(40-33)44-38-30-22-14-13-21-29(30)36(46(38)51)42-32-24-16-8-7-15-23(24)31(39-32)41-35/h7-22H,1-6H3/b41-31-,41-35?,42-32?,42-36-,43-33-,43-37?,44-34?,44-38-. The lowest BCUT2D eigenvalue weighted by Crippen LogP contribution is -2.69. The Morgan fingerprint density at radius 3 is 1.12 bits per heavy atom. The van der Waals surface area contributed by atoms with Crippen molar-refractivity contribution in [1.82, 2.24) is 8.47 Å². The summed E-state index contributed by atoms with van der Waals surface area (Å²) in [5.74, 6) is 3.70. The van der Waals surface area contributed by atoms with Crippen LogP contribution in [0.15, 0.2) is 127 Å². The van der Waals surface area contributed by atoms with Crippen LogP contribution in [0.1, 0.15) is 22.3 Å². The predicted octanol–water partition coefficient (Wildman–Crippen LogP) is 7.07. The third kappa shape index (κ3) is 4.52. The molecular weight excluding hydrogens is 685 g/mol. The van der Waals surface area contributed by atoms with E-state index in [1.807, 2.05) is 48.5 Å². The summed E-state index contributed by atoms with van der Waals surface area (Å²) < 4.78 is 19.9. The van der Waals surface area contributed by atoms with Crippen LogP contribution in [0, 0.1) is 0 Å². The molecule has 250 valence electrons. The van der Waals surface area contributed by atoms with Crippen molar-refractivity contribution < 1.29 is 8.23 Å². The average Bonchev–Trinajstić information content (AvgIpc) is 3.80. The van der Waals surface area contributed by atoms with Crippen molar-refractivity contribution in [3.63, 3.8) is 0 Å². The molecule has 0 saturated heterocycles. The molecule has 4 aliphatic heterocycles. The smallest absolute Gasteiger partial charge is 0.404 e. The molecule has 4 aromatic carbocycles. The zero-order valence-corrected chi connectivity index (χ0v) is 32.1. The Kier molecular flexibility index (Phi) is 6.26. The van der Waals surface area contributed by atoms with Gasteiger partial charge in [-0.1, -0.05) is 97.1 Å². The number of rotatable bonds is 4. The lowest BCUT2D eigenvalue weighted by atomic mass is 10.1. The fourth-order valence-electron chi connectivity index (χ4n) is 7.44. The van der Waals surface area contributed by atoms with Crippen LogP contribution in [-0.4, -0.2) is 57.3 Å². The molecule has 6 aromatic rings. The summed E-state index contributed by atoms with van der Waals surface area (Å²) >= 11 is 0. The summed E-state index contributed by atoms with van der Waals surface area (Å²) in [6.07, 6.45) is 0. The van der Waals surface area contributed by atoms with Crippen LogP contribution in [0.25, 0.3) is 21.5 Å². The topological polar surface area (TPSA) is 102 Å². The first-order chi connectivity index (χ1) is 24.5. The third-order valence-electron chi connectivity index (χ3n) is 9.20. The monoisotopic (exact) mass is 718 g/mol. The number of fused-ring (bicyclic) bond motifs is 14. The molecule has 0 atom stereocenters. The minimum absolute atomic E-state index is 0.588. The van der Waals surface area contributed by atoms with Crippen molar-refractivity contribution in [2.45, 2.75) is 39.3 Å². The van der Waals surface area contributed by atoms with Crippen LogP contribution in [0.3, 0.4) is 0 Å². The molecule has 51 heavy (non-hydrogen) atoms. The minimum Gasteiger partial charge on any atom is -0.404 e. The Balaban J connectivity index is 1.56. The average molecular weight is 719 g/mol. The number of benzene rings is 4. The van der Waals surface area contributed by atoms with Crippen molar-refractivity contribution in [3.05, 3.63) is 130 Å². The van der Waals surface area contributed by atoms with Gasteiger partial charge in [0.05, 0.1) is 0 Å². The second kappa shape index (κ2) is 10.4. The highest BCUT2D eigenvalue weighted by Crippen LogP contribution is 2.44. The van der Waals surface area contributed by atoms with Crippen LogP contribution >= 0.6 is 0 Å². The Labute approximate surface area is 297 Å². The van der Waals surface area contributed by atoms with Crippen LogP contribution in [0.2, 0.25) is 39.3 Å². The number of aromatic nitrogens is 2. The predicted molar refractivity (Wildman–Crippen MR) is 210 cm³/mol. The molecule has 6 bridgehead atoms. The van der Waals surface area contributed by atoms with E-state index >= 15 is 0 Å². The fraction of sp³-hybridized carbons (Fsp3) is 0.158. The Morgan fingerprint density at radius 1 is 0.412 bits per heavy atom. The maximum Gasteiger partial charge on any atom is 0.582 e. The zero-order chi connectivity index (χ0) is 34.9. The fourth-order valence-corrected chi connectivity index (χ4v) is 17.8. The van der Waals surface area contributed by atoms with Crippen LogP contribution in [0.4, 0.5) is 11.6 Å². The summed E-state index contributed by atoms with van der Waals surface area (Å²) in [7, 11) is -8.98. The highest BCUT2D eigenvalue weighted by atomic mass is 28.5. The zero-order valence-electron chi connectivity index (χ0n) is 29.1. The van der Waals surface area contributed by atoms with E-state index in [0.29, 0.717) is 46.0 Å². The molecule has 0 fully saturated rings. The molecule has 0 amide bonds. The number of hydrogen-bond acceptors (Lipinski definition) is 8. The first-order valence-corrected chi connectivity index (χ1v) is 25.7. The van der Waals surface area contributed by atoms with Gasteiger partial charge in [0.15, 0.2) is 40.0 Å². The summed E-state index contributed by atoms with van der Waals surface area (Å²) in [6.45, 7) is 13.3. The van der Waals surface area contributed by atoms with E-state index in [0.717, 1.165) is 43.8 Å². The van der Waals surface area contributed by atoms with Crippen LogP contribution < -0.4 is 11.0 Å². The SMILES string of the molecule is C[Si](C)(C)O[Si]1(O[Si](C)(C)C)n2c3c4ccccc4c2/N=C2N=C(/N=c4/c5ccccc5/c(n41)=N/C1=NC(=N\3)/c3ccccc31)c1ccccc1\2. The van der Waals surface area contributed by atoms with Crippen LogP contribution in [-0.2, 0) is 8.23 Å². The van der Waals surface area contributed by atoms with Gasteiger partial charge in [-0.15, -0.1) is 0 Å². The Hall–Kier alpha value is -5.19. The summed E-state index contributed by atoms with van der Waals surface area (Å²) in [5.41, 5.74) is 5.03. The van der Waals surface area contributed by atoms with E-state index in [2.05, 4.69) is 96.3 Å². The van der Waals surface area contributed by atoms with Gasteiger partial charge in [-0.05, 0) is 39.3 Å². The van der Waals surface area contributed by atoms with Crippen molar-refractivity contribution in [2.75, 3.05) is 0 Å². The van der Waals surface area contributed by atoms with Crippen molar-refractivity contribution in [1.29, 1.82) is 0 Å². The lowest BCUT2D eigenvalue weighted by molar-refractivity contribution is 0.340. The number of hydrogen-bond donors (Lipinski definition) is 0. The largest absolute Gasteiger partial charge is 0.582 e. The second-order valence-corrected chi connectivity index (χ2v) is 27.2. The quantitative estimate of drug-likeness (QED) is 0.182. The molecule has 2 aromatic heterocycles. The van der Waals surface area contributed by atoms with Crippen molar-refractivity contribution >= 4 is 82.0 Å². The van der Waals surface area contributed by atoms with Gasteiger partial charge in [-0.25, -0.2) is 30.0 Å². The highest BCUT2D eigenvalue weighted by molar-refractivity contribution is 6.87. The summed E-state index contributed by atoms with van der Waals surface area (Å²) in [4.78, 5) is 32.2. The molecule has 0 unspecified atom stereocenters. The molecule has 13 heteroatoms. The number of nitrogens with zero attached hydrogens (tertiary/aromatic N) is 8. The maximum absolute atomic E-state index is 7.75. The molecule has 0 spiro atoms. The molecule has 10 nitrogen and oxygen atoms in total. The van der Waals surface area contributed by atoms with Gasteiger partial charge in [-0.2, -0.15) is 0 Å². The van der Waals surface area contributed by atoms with E-state index in [1.54, 1.807) is 0 Å². The van der Waals surface area contributed by atoms with Gasteiger partial charge in [-0.3, -0.25) is 8.47 Å². The Morgan fingerprint density at radius 2 is 0.745 bits per heavy atom. The van der Waals surface area contributed by atoms with E-state index < -0.39 is 25.5 Å². The summed E-state index contributed by atoms with van der Waals surface area (Å²) in [6, 6.07) is 32.9.